The van der Waals surface area contributed by atoms with E-state index in [0.29, 0.717) is 19.0 Å². The molecule has 4 rings (SSSR count). The van der Waals surface area contributed by atoms with Crippen LogP contribution in [0.1, 0.15) is 12.8 Å². The summed E-state index contributed by atoms with van der Waals surface area (Å²) in [5, 5.41) is 4.24. The van der Waals surface area contributed by atoms with E-state index in [1.165, 1.54) is 0 Å². The molecular weight excluding hydrogens is 282 g/mol. The van der Waals surface area contributed by atoms with Crippen molar-refractivity contribution in [1.82, 2.24) is 19.6 Å². The molecule has 1 aromatic rings. The van der Waals surface area contributed by atoms with Crippen molar-refractivity contribution < 1.29 is 9.59 Å². The molecule has 1 unspecified atom stereocenters. The summed E-state index contributed by atoms with van der Waals surface area (Å²) in [5.41, 5.74) is 0. The van der Waals surface area contributed by atoms with Crippen molar-refractivity contribution in [2.24, 2.45) is 5.92 Å². The van der Waals surface area contributed by atoms with Crippen molar-refractivity contribution in [2.45, 2.75) is 25.4 Å². The van der Waals surface area contributed by atoms with E-state index in [4.69, 9.17) is 0 Å². The quantitative estimate of drug-likeness (QED) is 0.758. The lowest BCUT2D eigenvalue weighted by Crippen LogP contribution is -2.58. The minimum absolute atomic E-state index is 0.0741. The number of hydrogen-bond acceptors (Lipinski definition) is 4. The number of rotatable bonds is 2. The first-order valence-corrected chi connectivity index (χ1v) is 7.94. The summed E-state index contributed by atoms with van der Waals surface area (Å²) in [7, 11) is 2.05. The summed E-state index contributed by atoms with van der Waals surface area (Å²) in [4.78, 5) is 31.0. The Kier molecular flexibility index (Phi) is 3.18. The first-order valence-electron chi connectivity index (χ1n) is 7.94. The van der Waals surface area contributed by atoms with E-state index >= 15 is 0 Å². The van der Waals surface area contributed by atoms with Gasteiger partial charge in [-0.1, -0.05) is 0 Å². The van der Waals surface area contributed by atoms with Crippen LogP contribution in [0.2, 0.25) is 0 Å². The third-order valence-electron chi connectivity index (χ3n) is 4.98. The predicted molar refractivity (Wildman–Crippen MR) is 80.3 cm³/mol. The number of carbonyl (C=O) groups excluding carboxylic acids is 2. The number of aromatic nitrogens is 2. The summed E-state index contributed by atoms with van der Waals surface area (Å²) >= 11 is 0. The average Bonchev–Trinajstić information content (AvgIpc) is 3.09. The fourth-order valence-electron chi connectivity index (χ4n) is 3.78. The minimum Gasteiger partial charge on any atom is -0.336 e. The highest BCUT2D eigenvalue weighted by atomic mass is 16.2. The molecule has 3 aliphatic heterocycles. The molecule has 0 N–H and O–H groups in total. The third-order valence-corrected chi connectivity index (χ3v) is 4.98. The number of nitrogens with zero attached hydrogens (tertiary/aromatic N) is 5. The molecule has 2 amide bonds. The van der Waals surface area contributed by atoms with Gasteiger partial charge in [0, 0.05) is 45.2 Å². The van der Waals surface area contributed by atoms with Crippen molar-refractivity contribution in [2.75, 3.05) is 38.1 Å². The molecule has 0 saturated carbocycles. The Balaban J connectivity index is 1.47. The fraction of sp³-hybridized carbons (Fsp3) is 0.667. The van der Waals surface area contributed by atoms with Gasteiger partial charge in [0.05, 0.1) is 18.2 Å². The van der Waals surface area contributed by atoms with E-state index in [9.17, 15) is 9.59 Å². The molecule has 118 valence electrons. The van der Waals surface area contributed by atoms with Gasteiger partial charge in [0.25, 0.3) is 0 Å². The lowest BCUT2D eigenvalue weighted by atomic mass is 10.1. The fourth-order valence-corrected chi connectivity index (χ4v) is 3.78. The van der Waals surface area contributed by atoms with Gasteiger partial charge in [-0.2, -0.15) is 5.10 Å². The molecule has 0 spiro atoms. The van der Waals surface area contributed by atoms with Gasteiger partial charge < -0.3 is 9.80 Å². The Labute approximate surface area is 129 Å². The number of amides is 2. The highest BCUT2D eigenvalue weighted by Crippen LogP contribution is 2.28. The standard InChI is InChI=1S/C15H21N5O2/c1-17-9-12(10-17)19-8-11(7-14(19)21)15(22)18-5-2-6-20-13(18)3-4-16-20/h3-4,11-12H,2,5-10H2,1H3. The molecular formula is C15H21N5O2. The molecule has 22 heavy (non-hydrogen) atoms. The van der Waals surface area contributed by atoms with Gasteiger partial charge >= 0.3 is 0 Å². The lowest BCUT2D eigenvalue weighted by Gasteiger charge is -2.42. The van der Waals surface area contributed by atoms with Crippen LogP contribution in [0.25, 0.3) is 0 Å². The molecule has 0 radical (unpaired) electrons. The zero-order chi connectivity index (χ0) is 15.3. The van der Waals surface area contributed by atoms with Crippen molar-refractivity contribution in [3.8, 4) is 0 Å². The molecule has 7 nitrogen and oxygen atoms in total. The van der Waals surface area contributed by atoms with Crippen LogP contribution < -0.4 is 4.90 Å². The van der Waals surface area contributed by atoms with Crippen molar-refractivity contribution in [1.29, 1.82) is 0 Å². The number of anilines is 1. The third kappa shape index (κ3) is 2.11. The maximum absolute atomic E-state index is 12.8. The van der Waals surface area contributed by atoms with Crippen LogP contribution in [0, 0.1) is 5.92 Å². The Bertz CT molecular complexity index is 607. The van der Waals surface area contributed by atoms with E-state index in [1.807, 2.05) is 20.5 Å². The molecule has 2 fully saturated rings. The number of likely N-dealkylation sites (N-methyl/N-ethyl adjacent to an activating group) is 1. The summed E-state index contributed by atoms with van der Waals surface area (Å²) in [6, 6.07) is 2.18. The largest absolute Gasteiger partial charge is 0.336 e. The Morgan fingerprint density at radius 1 is 1.27 bits per heavy atom. The highest BCUT2D eigenvalue weighted by molar-refractivity contribution is 5.98. The van der Waals surface area contributed by atoms with Gasteiger partial charge in [0.2, 0.25) is 11.8 Å². The second-order valence-electron chi connectivity index (χ2n) is 6.58. The summed E-state index contributed by atoms with van der Waals surface area (Å²) in [6.07, 6.45) is 3.00. The van der Waals surface area contributed by atoms with Crippen molar-refractivity contribution >= 4 is 17.6 Å². The van der Waals surface area contributed by atoms with Crippen molar-refractivity contribution in [3.05, 3.63) is 12.3 Å². The van der Waals surface area contributed by atoms with Crippen LogP contribution in [-0.4, -0.2) is 70.7 Å². The summed E-state index contributed by atoms with van der Waals surface area (Å²) < 4.78 is 1.87. The second-order valence-corrected chi connectivity index (χ2v) is 6.58. The smallest absolute Gasteiger partial charge is 0.233 e. The van der Waals surface area contributed by atoms with Gasteiger partial charge in [-0.3, -0.25) is 14.5 Å². The second kappa shape index (κ2) is 5.08. The van der Waals surface area contributed by atoms with Crippen LogP contribution in [0.3, 0.4) is 0 Å². The average molecular weight is 303 g/mol. The molecule has 0 aromatic carbocycles. The van der Waals surface area contributed by atoms with E-state index in [2.05, 4.69) is 17.0 Å². The molecule has 0 aliphatic carbocycles. The summed E-state index contributed by atoms with van der Waals surface area (Å²) in [5.74, 6) is 0.859. The number of likely N-dealkylation sites (tertiary alicyclic amines) is 2. The lowest BCUT2D eigenvalue weighted by molar-refractivity contribution is -0.132. The maximum Gasteiger partial charge on any atom is 0.233 e. The van der Waals surface area contributed by atoms with E-state index in [-0.39, 0.29) is 17.7 Å². The highest BCUT2D eigenvalue weighted by Gasteiger charge is 2.43. The van der Waals surface area contributed by atoms with E-state index in [1.54, 1.807) is 6.20 Å². The van der Waals surface area contributed by atoms with Gasteiger partial charge in [0.1, 0.15) is 5.82 Å². The molecule has 1 atom stereocenters. The molecule has 1 aromatic heterocycles. The molecule has 2 saturated heterocycles. The zero-order valence-electron chi connectivity index (χ0n) is 12.8. The molecule has 3 aliphatic rings. The Morgan fingerprint density at radius 3 is 2.86 bits per heavy atom. The summed E-state index contributed by atoms with van der Waals surface area (Å²) in [6.45, 7) is 3.99. The van der Waals surface area contributed by atoms with Gasteiger partial charge in [-0.05, 0) is 13.5 Å². The zero-order valence-corrected chi connectivity index (χ0v) is 12.8. The van der Waals surface area contributed by atoms with Crippen LogP contribution in [0.5, 0.6) is 0 Å². The number of hydrogen-bond donors (Lipinski definition) is 0. The topological polar surface area (TPSA) is 61.7 Å². The normalized spacial score (nSPS) is 26.2. The SMILES string of the molecule is CN1CC(N2CC(C(=O)N3CCCn4nccc43)CC2=O)C1. The van der Waals surface area contributed by atoms with Gasteiger partial charge in [-0.15, -0.1) is 0 Å². The monoisotopic (exact) mass is 303 g/mol. The van der Waals surface area contributed by atoms with E-state index < -0.39 is 0 Å². The minimum atomic E-state index is -0.208. The van der Waals surface area contributed by atoms with Crippen molar-refractivity contribution in [3.63, 3.8) is 0 Å². The van der Waals surface area contributed by atoms with Gasteiger partial charge in [-0.25, -0.2) is 4.68 Å². The van der Waals surface area contributed by atoms with Crippen LogP contribution in [-0.2, 0) is 16.1 Å². The number of carbonyl (C=O) groups is 2. The van der Waals surface area contributed by atoms with Crippen LogP contribution in [0.15, 0.2) is 12.3 Å². The first-order chi connectivity index (χ1) is 10.6. The van der Waals surface area contributed by atoms with Gasteiger partial charge in [0.15, 0.2) is 0 Å². The maximum atomic E-state index is 12.8. The Morgan fingerprint density at radius 2 is 2.09 bits per heavy atom. The first kappa shape index (κ1) is 13.8. The van der Waals surface area contributed by atoms with Crippen LogP contribution in [0.4, 0.5) is 5.82 Å². The Hall–Kier alpha value is -1.89. The molecule has 7 heteroatoms. The number of aryl methyl sites for hydroxylation is 1. The predicted octanol–water partition coefficient (Wildman–Crippen LogP) is -0.218. The number of fused-ring (bicyclic) bond motifs is 1. The molecule has 4 heterocycles. The van der Waals surface area contributed by atoms with Crippen LogP contribution >= 0.6 is 0 Å². The molecule has 0 bridgehead atoms. The van der Waals surface area contributed by atoms with E-state index in [0.717, 1.165) is 38.4 Å².